The van der Waals surface area contributed by atoms with E-state index in [4.69, 9.17) is 9.31 Å². The number of nitrogens with zero attached hydrogens (tertiary/aromatic N) is 6. The molecule has 0 aliphatic carbocycles. The maximum Gasteiger partial charge on any atom is 0.494 e. The smallest absolute Gasteiger partial charge is 0.399 e. The Hall–Kier alpha value is -5.34. The maximum absolute atomic E-state index is 12.7. The fourth-order valence-electron chi connectivity index (χ4n) is 9.67. The molecule has 14 nitrogen and oxygen atoms in total. The first-order chi connectivity index (χ1) is 38.5. The number of rotatable bonds is 14. The zero-order valence-corrected chi connectivity index (χ0v) is 53.8. The molecule has 0 radical (unpaired) electrons. The third kappa shape index (κ3) is 18.6. The first-order valence-corrected chi connectivity index (χ1v) is 31.1. The summed E-state index contributed by atoms with van der Waals surface area (Å²) in [6.45, 7) is 29.0. The summed E-state index contributed by atoms with van der Waals surface area (Å²) in [5.41, 5.74) is 6.98. The fourth-order valence-corrected chi connectivity index (χ4v) is 11.9. The molecule has 3 saturated heterocycles. The fraction of sp³-hybridized carbons (Fsp3) is 0.508. The van der Waals surface area contributed by atoms with Crippen LogP contribution in [0.2, 0.25) is 0 Å². The van der Waals surface area contributed by atoms with Gasteiger partial charge in [0, 0.05) is 64.8 Å². The van der Waals surface area contributed by atoms with Crippen LogP contribution >= 0.6 is 38.6 Å². The van der Waals surface area contributed by atoms with Crippen molar-refractivity contribution < 1.29 is 28.5 Å². The summed E-state index contributed by atoms with van der Waals surface area (Å²) in [4.78, 5) is 73.4. The molecular formula is C65H88BBrN8O6S2. The first-order valence-electron chi connectivity index (χ1n) is 28.7. The minimum absolute atomic E-state index is 0. The van der Waals surface area contributed by atoms with Crippen molar-refractivity contribution in [2.45, 2.75) is 164 Å². The Morgan fingerprint density at radius 2 is 1.04 bits per heavy atom. The van der Waals surface area contributed by atoms with E-state index in [0.717, 1.165) is 116 Å². The highest BCUT2D eigenvalue weighted by atomic mass is 79.9. The number of pyridine rings is 2. The molecule has 2 amide bonds. The summed E-state index contributed by atoms with van der Waals surface area (Å²) in [6.07, 6.45) is 12.8. The molecule has 0 saturated carbocycles. The number of hydrogen-bond donors (Lipinski definition) is 2. The van der Waals surface area contributed by atoms with Crippen LogP contribution in [-0.2, 0) is 42.6 Å². The minimum Gasteiger partial charge on any atom is -0.399 e. The normalized spacial score (nSPS) is 16.6. The van der Waals surface area contributed by atoms with Gasteiger partial charge in [-0.05, 0) is 183 Å². The number of anilines is 2. The number of thiazole rings is 2. The number of hydrogen-bond acceptors (Lipinski definition) is 14. The van der Waals surface area contributed by atoms with E-state index in [1.807, 2.05) is 24.3 Å². The topological polar surface area (TPSA) is 169 Å². The van der Waals surface area contributed by atoms with Gasteiger partial charge in [-0.1, -0.05) is 101 Å². The van der Waals surface area contributed by atoms with E-state index in [1.165, 1.54) is 28.2 Å². The number of ketones is 2. The monoisotopic (exact) mass is 1230 g/mol. The molecule has 0 bridgehead atoms. The Morgan fingerprint density at radius 1 is 0.614 bits per heavy atom. The molecule has 446 valence electrons. The van der Waals surface area contributed by atoms with Crippen LogP contribution in [0, 0.1) is 25.7 Å². The molecule has 3 fully saturated rings. The van der Waals surface area contributed by atoms with E-state index in [9.17, 15) is 19.2 Å². The standard InChI is InChI=1S/C29H36N4O2S.C23H32BNO3S.C12H16BrN3O.CH4/c1-19-16-22(7-6-20(19)8-9-24(34)25-18-31-28(36-25)29(2,3)4)23-10-13-30-26(17-23)32-27(35)21-11-14-33(5)15-12-21;1-15-13-17(24-27-22(5,6)23(7,8)28-24)11-9-16(15)10-12-18(26)19-14-25-20(29-19)21(2,3)4;1-16-6-3-9(4-7-16)12(17)15-11-8-10(13)2-5-14-11;/h6-7,10,13,16-18,21H,8-9,11-12,14-15H2,1-5H3,(H,30,32,35);9,11,13-14H,10,12H2,1-8H3;2,5,8-9H,3-4,6-7H2,1H3,(H,14,15,17);1H4. The lowest BCUT2D eigenvalue weighted by molar-refractivity contribution is -0.121. The summed E-state index contributed by atoms with van der Waals surface area (Å²) in [7, 11) is 3.82. The minimum atomic E-state index is -0.359. The lowest BCUT2D eigenvalue weighted by atomic mass is 9.77. The van der Waals surface area contributed by atoms with E-state index in [-0.39, 0.29) is 71.8 Å². The van der Waals surface area contributed by atoms with Crippen LogP contribution in [0.1, 0.15) is 167 Å². The van der Waals surface area contributed by atoms with Crippen molar-refractivity contribution in [3.8, 4) is 11.1 Å². The van der Waals surface area contributed by atoms with Crippen molar-refractivity contribution in [1.29, 1.82) is 0 Å². The summed E-state index contributed by atoms with van der Waals surface area (Å²) in [5.74, 6) is 1.81. The number of piperidine rings is 2. The molecule has 9 rings (SSSR count). The van der Waals surface area contributed by atoms with Gasteiger partial charge in [0.2, 0.25) is 11.8 Å². The van der Waals surface area contributed by atoms with Gasteiger partial charge in [0.25, 0.3) is 0 Å². The highest BCUT2D eigenvalue weighted by molar-refractivity contribution is 9.10. The van der Waals surface area contributed by atoms with Crippen molar-refractivity contribution in [3.63, 3.8) is 0 Å². The van der Waals surface area contributed by atoms with Gasteiger partial charge in [0.1, 0.15) is 11.6 Å². The van der Waals surface area contributed by atoms with Crippen LogP contribution in [0.5, 0.6) is 0 Å². The van der Waals surface area contributed by atoms with Crippen molar-refractivity contribution in [2.75, 3.05) is 50.9 Å². The lowest BCUT2D eigenvalue weighted by Gasteiger charge is -2.32. The van der Waals surface area contributed by atoms with E-state index in [1.54, 1.807) is 24.8 Å². The number of carbonyl (C=O) groups is 4. The molecule has 0 spiro atoms. The zero-order valence-electron chi connectivity index (χ0n) is 50.6. The van der Waals surface area contributed by atoms with Gasteiger partial charge in [-0.2, -0.15) is 0 Å². The second kappa shape index (κ2) is 28.7. The van der Waals surface area contributed by atoms with E-state index in [2.05, 4.69) is 190 Å². The maximum atomic E-state index is 12.7. The summed E-state index contributed by atoms with van der Waals surface area (Å²) in [6, 6.07) is 20.1. The molecule has 6 aromatic rings. The van der Waals surface area contributed by atoms with Gasteiger partial charge in [-0.15, -0.1) is 22.7 Å². The van der Waals surface area contributed by atoms with E-state index >= 15 is 0 Å². The van der Waals surface area contributed by atoms with Crippen molar-refractivity contribution in [1.82, 2.24) is 29.7 Å². The van der Waals surface area contributed by atoms with Crippen LogP contribution in [0.4, 0.5) is 11.6 Å². The van der Waals surface area contributed by atoms with Crippen LogP contribution < -0.4 is 16.1 Å². The van der Waals surface area contributed by atoms with Gasteiger partial charge in [-0.25, -0.2) is 19.9 Å². The van der Waals surface area contributed by atoms with Crippen LogP contribution in [0.15, 0.2) is 89.9 Å². The Morgan fingerprint density at radius 3 is 1.46 bits per heavy atom. The molecule has 18 heteroatoms. The predicted molar refractivity (Wildman–Crippen MR) is 345 cm³/mol. The van der Waals surface area contributed by atoms with E-state index in [0.29, 0.717) is 30.9 Å². The molecule has 0 atom stereocenters. The van der Waals surface area contributed by atoms with E-state index < -0.39 is 0 Å². The van der Waals surface area contributed by atoms with Crippen LogP contribution in [0.3, 0.4) is 0 Å². The lowest BCUT2D eigenvalue weighted by Crippen LogP contribution is -2.41. The molecule has 2 N–H and O–H groups in total. The number of nitrogens with one attached hydrogen (secondary N) is 2. The molecule has 3 aliphatic heterocycles. The number of halogens is 1. The van der Waals surface area contributed by atoms with Crippen LogP contribution in [-0.4, -0.2) is 112 Å². The van der Waals surface area contributed by atoms with Crippen LogP contribution in [0.25, 0.3) is 11.1 Å². The molecule has 0 unspecified atom stereocenters. The molecule has 7 heterocycles. The SMILES string of the molecule is C.CN1CCC(C(=O)Nc2cc(Br)ccn2)CC1.Cc1cc(-c2ccnc(NC(=O)C3CCN(C)CC3)c2)ccc1CCC(=O)c1cnc(C(C)(C)C)s1.Cc1cc(B2OC(C)(C)C(C)(C)O2)ccc1CCC(=O)c1cnc(C(C)(C)C)s1. The Kier molecular flexibility index (Phi) is 23.1. The van der Waals surface area contributed by atoms with Crippen molar-refractivity contribution in [2.24, 2.45) is 11.8 Å². The van der Waals surface area contributed by atoms with Gasteiger partial charge in [0.15, 0.2) is 11.6 Å². The van der Waals surface area contributed by atoms with Gasteiger partial charge >= 0.3 is 7.12 Å². The number of carbonyl (C=O) groups excluding carboxylic acids is 4. The number of amides is 2. The number of likely N-dealkylation sites (tertiary alicyclic amines) is 2. The summed E-state index contributed by atoms with van der Waals surface area (Å²) >= 11 is 6.37. The van der Waals surface area contributed by atoms with Gasteiger partial charge in [-0.3, -0.25) is 19.2 Å². The van der Waals surface area contributed by atoms with Gasteiger partial charge < -0.3 is 29.7 Å². The molecule has 4 aromatic heterocycles. The average Bonchev–Trinajstić information content (AvgIpc) is 4.40. The molecule has 83 heavy (non-hydrogen) atoms. The van der Waals surface area contributed by atoms with Crippen molar-refractivity contribution in [3.05, 3.63) is 132 Å². The third-order valence-corrected chi connectivity index (χ3v) is 19.2. The molecule has 3 aliphatic rings. The predicted octanol–water partition coefficient (Wildman–Crippen LogP) is 13.5. The Balaban J connectivity index is 0.000000211. The summed E-state index contributed by atoms with van der Waals surface area (Å²) < 4.78 is 13.2. The second-order valence-electron chi connectivity index (χ2n) is 25.2. The highest BCUT2D eigenvalue weighted by Crippen LogP contribution is 2.37. The number of aromatic nitrogens is 4. The Labute approximate surface area is 511 Å². The number of benzene rings is 2. The first kappa shape index (κ1) is 66.8. The molecular weight excluding hydrogens is 1140 g/mol. The number of aryl methyl sites for hydroxylation is 4. The largest absolute Gasteiger partial charge is 0.494 e. The third-order valence-electron chi connectivity index (χ3n) is 15.8. The quantitative estimate of drug-likeness (QED) is 0.0783. The van der Waals surface area contributed by atoms with Gasteiger partial charge in [0.05, 0.1) is 31.0 Å². The average molecular weight is 1230 g/mol. The second-order valence-corrected chi connectivity index (χ2v) is 28.2. The van der Waals surface area contributed by atoms with Crippen molar-refractivity contribution >= 4 is 86.2 Å². The number of Topliss-reactive ketones (excluding diaryl/α,β-unsaturated/α-hetero) is 2. The Bertz CT molecular complexity index is 3170. The zero-order chi connectivity index (χ0) is 59.7. The highest BCUT2D eigenvalue weighted by Gasteiger charge is 2.51. The summed E-state index contributed by atoms with van der Waals surface area (Å²) in [5, 5.41) is 7.88. The molecule has 2 aromatic carbocycles.